The van der Waals surface area contributed by atoms with Gasteiger partial charge in [-0.1, -0.05) is 6.07 Å². The van der Waals surface area contributed by atoms with E-state index in [1.54, 1.807) is 30.6 Å². The smallest absolute Gasteiger partial charge is 0.167 e. The van der Waals surface area contributed by atoms with Crippen LogP contribution in [-0.2, 0) is 6.42 Å². The Balaban J connectivity index is 2.09. The molecule has 2 rings (SSSR count). The van der Waals surface area contributed by atoms with Gasteiger partial charge in [-0.15, -0.1) is 11.3 Å². The van der Waals surface area contributed by atoms with E-state index in [4.69, 9.17) is 9.47 Å². The quantitative estimate of drug-likeness (QED) is 0.766. The van der Waals surface area contributed by atoms with Gasteiger partial charge in [-0.2, -0.15) is 0 Å². The fourth-order valence-electron chi connectivity index (χ4n) is 1.97. The van der Waals surface area contributed by atoms with E-state index in [1.165, 1.54) is 11.8 Å². The van der Waals surface area contributed by atoms with Crippen LogP contribution in [0.4, 0.5) is 0 Å². The second-order valence-corrected chi connectivity index (χ2v) is 5.29. The van der Waals surface area contributed by atoms with Crippen molar-refractivity contribution in [1.82, 2.24) is 4.98 Å². The van der Waals surface area contributed by atoms with Crippen LogP contribution in [0, 0.1) is 6.92 Å². The van der Waals surface area contributed by atoms with Gasteiger partial charge in [0.1, 0.15) is 17.1 Å². The Morgan fingerprint density at radius 2 is 2.10 bits per heavy atom. The molecule has 1 aromatic carbocycles. The van der Waals surface area contributed by atoms with Crippen LogP contribution in [0.3, 0.4) is 0 Å². The first-order valence-corrected chi connectivity index (χ1v) is 7.21. The lowest BCUT2D eigenvalue weighted by molar-refractivity contribution is 0.101. The number of nitrogens with zero attached hydrogens (tertiary/aromatic N) is 1. The minimum atomic E-state index is -0.0635. The number of aryl methyl sites for hydroxylation is 1. The molecule has 4 nitrogen and oxygen atoms in total. The molecule has 0 amide bonds. The van der Waals surface area contributed by atoms with Gasteiger partial charge in [0.25, 0.3) is 0 Å². The number of carbonyl (C=O) groups is 1. The van der Waals surface area contributed by atoms with Crippen molar-refractivity contribution in [3.05, 3.63) is 39.8 Å². The minimum absolute atomic E-state index is 0.0635. The third-order valence-corrected chi connectivity index (χ3v) is 3.99. The normalized spacial score (nSPS) is 10.3. The largest absolute Gasteiger partial charge is 0.496 e. The van der Waals surface area contributed by atoms with E-state index in [0.717, 1.165) is 12.1 Å². The number of hydrogen-bond donors (Lipinski definition) is 0. The topological polar surface area (TPSA) is 48.4 Å². The molecular formula is C15H17NO3S. The van der Waals surface area contributed by atoms with E-state index in [1.807, 2.05) is 18.5 Å². The van der Waals surface area contributed by atoms with Crippen LogP contribution in [0.2, 0.25) is 0 Å². The van der Waals surface area contributed by atoms with Crippen LogP contribution in [0.25, 0.3) is 0 Å². The van der Waals surface area contributed by atoms with Gasteiger partial charge in [0.2, 0.25) is 0 Å². The highest BCUT2D eigenvalue weighted by atomic mass is 32.1. The summed E-state index contributed by atoms with van der Waals surface area (Å²) in [4.78, 5) is 17.1. The monoisotopic (exact) mass is 291 g/mol. The van der Waals surface area contributed by atoms with Crippen LogP contribution < -0.4 is 9.47 Å². The third-order valence-electron chi connectivity index (χ3n) is 2.99. The predicted molar refractivity (Wildman–Crippen MR) is 79.0 cm³/mol. The average Bonchev–Trinajstić information content (AvgIpc) is 2.84. The van der Waals surface area contributed by atoms with Gasteiger partial charge < -0.3 is 9.47 Å². The van der Waals surface area contributed by atoms with E-state index in [9.17, 15) is 4.79 Å². The summed E-state index contributed by atoms with van der Waals surface area (Å²) in [7, 11) is 1.55. The van der Waals surface area contributed by atoms with Crippen molar-refractivity contribution >= 4 is 17.1 Å². The van der Waals surface area contributed by atoms with E-state index in [2.05, 4.69) is 4.98 Å². The van der Waals surface area contributed by atoms with Crippen LogP contribution in [0.1, 0.15) is 27.9 Å². The number of ketones is 1. The van der Waals surface area contributed by atoms with E-state index >= 15 is 0 Å². The maximum Gasteiger partial charge on any atom is 0.167 e. The maximum absolute atomic E-state index is 11.7. The van der Waals surface area contributed by atoms with E-state index in [-0.39, 0.29) is 5.78 Å². The predicted octanol–water partition coefficient (Wildman–Crippen LogP) is 3.28. The number of thiazole rings is 1. The summed E-state index contributed by atoms with van der Waals surface area (Å²) in [6.07, 6.45) is 0.783. The number of Topliss-reactive ketones (excluding diaryl/α,β-unsaturated/α-hetero) is 1. The van der Waals surface area contributed by atoms with Crippen molar-refractivity contribution in [2.75, 3.05) is 13.7 Å². The summed E-state index contributed by atoms with van der Waals surface area (Å²) >= 11 is 1.62. The molecule has 0 N–H and O–H groups in total. The Morgan fingerprint density at radius 3 is 2.70 bits per heavy atom. The molecule has 106 valence electrons. The first-order chi connectivity index (χ1) is 9.63. The minimum Gasteiger partial charge on any atom is -0.496 e. The Morgan fingerprint density at radius 1 is 1.35 bits per heavy atom. The van der Waals surface area contributed by atoms with Crippen LogP contribution >= 0.6 is 11.3 Å². The van der Waals surface area contributed by atoms with E-state index in [0.29, 0.717) is 23.7 Å². The molecule has 0 fully saturated rings. The molecule has 1 heterocycles. The van der Waals surface area contributed by atoms with Crippen molar-refractivity contribution < 1.29 is 14.3 Å². The van der Waals surface area contributed by atoms with E-state index < -0.39 is 0 Å². The summed E-state index contributed by atoms with van der Waals surface area (Å²) < 4.78 is 11.0. The SMILES string of the molecule is COc1cccc(OCCc2scnc2C)c1C(C)=O. The highest BCUT2D eigenvalue weighted by Crippen LogP contribution is 2.29. The number of hydrogen-bond acceptors (Lipinski definition) is 5. The highest BCUT2D eigenvalue weighted by Gasteiger charge is 2.14. The number of methoxy groups -OCH3 is 1. The summed E-state index contributed by atoms with van der Waals surface area (Å²) in [5.74, 6) is 1.05. The van der Waals surface area contributed by atoms with Gasteiger partial charge in [-0.05, 0) is 26.0 Å². The van der Waals surface area contributed by atoms with Crippen molar-refractivity contribution in [3.63, 3.8) is 0 Å². The fourth-order valence-corrected chi connectivity index (χ4v) is 2.73. The molecule has 5 heteroatoms. The summed E-state index contributed by atoms with van der Waals surface area (Å²) in [6, 6.07) is 5.37. The Bertz CT molecular complexity index is 607. The number of carbonyl (C=O) groups excluding carboxylic acids is 1. The molecule has 0 saturated carbocycles. The van der Waals surface area contributed by atoms with Crippen LogP contribution in [0.15, 0.2) is 23.7 Å². The Labute approximate surface area is 122 Å². The lowest BCUT2D eigenvalue weighted by Crippen LogP contribution is -2.06. The van der Waals surface area contributed by atoms with Crippen molar-refractivity contribution in [2.45, 2.75) is 20.3 Å². The molecule has 20 heavy (non-hydrogen) atoms. The highest BCUT2D eigenvalue weighted by molar-refractivity contribution is 7.09. The summed E-state index contributed by atoms with van der Waals surface area (Å²) in [5.41, 5.74) is 3.36. The molecule has 2 aromatic rings. The molecule has 0 unspecified atom stereocenters. The second kappa shape index (κ2) is 6.52. The Hall–Kier alpha value is -1.88. The zero-order valence-corrected chi connectivity index (χ0v) is 12.6. The molecule has 0 saturated heterocycles. The van der Waals surface area contributed by atoms with Gasteiger partial charge in [0.05, 0.1) is 24.9 Å². The molecule has 0 aliphatic carbocycles. The number of aromatic nitrogens is 1. The van der Waals surface area contributed by atoms with Gasteiger partial charge >= 0.3 is 0 Å². The van der Waals surface area contributed by atoms with Gasteiger partial charge in [-0.25, -0.2) is 4.98 Å². The number of benzene rings is 1. The van der Waals surface area contributed by atoms with Crippen molar-refractivity contribution in [2.24, 2.45) is 0 Å². The molecule has 0 bridgehead atoms. The third kappa shape index (κ3) is 3.17. The summed E-state index contributed by atoms with van der Waals surface area (Å²) in [6.45, 7) is 4.01. The average molecular weight is 291 g/mol. The fraction of sp³-hybridized carbons (Fsp3) is 0.333. The zero-order valence-electron chi connectivity index (χ0n) is 11.8. The lowest BCUT2D eigenvalue weighted by atomic mass is 10.1. The van der Waals surface area contributed by atoms with Crippen molar-refractivity contribution in [1.29, 1.82) is 0 Å². The van der Waals surface area contributed by atoms with Crippen LogP contribution in [0.5, 0.6) is 11.5 Å². The van der Waals surface area contributed by atoms with Gasteiger partial charge in [0, 0.05) is 11.3 Å². The first-order valence-electron chi connectivity index (χ1n) is 6.33. The van der Waals surface area contributed by atoms with Crippen molar-refractivity contribution in [3.8, 4) is 11.5 Å². The second-order valence-electron chi connectivity index (χ2n) is 4.35. The lowest BCUT2D eigenvalue weighted by Gasteiger charge is -2.12. The molecule has 0 radical (unpaired) electrons. The molecular weight excluding hydrogens is 274 g/mol. The molecule has 0 aliphatic rings. The molecule has 0 atom stereocenters. The maximum atomic E-state index is 11.7. The molecule has 0 aliphatic heterocycles. The van der Waals surface area contributed by atoms with Gasteiger partial charge in [-0.3, -0.25) is 4.79 Å². The Kier molecular flexibility index (Phi) is 4.74. The summed E-state index contributed by atoms with van der Waals surface area (Å²) in [5, 5.41) is 0. The number of ether oxygens (including phenoxy) is 2. The molecule has 0 spiro atoms. The van der Waals surface area contributed by atoms with Gasteiger partial charge in [0.15, 0.2) is 5.78 Å². The zero-order chi connectivity index (χ0) is 14.5. The standard InChI is InChI=1S/C15H17NO3S/c1-10-14(20-9-16-10)7-8-19-13-6-4-5-12(18-3)15(13)11(2)17/h4-6,9H,7-8H2,1-3H3. The van der Waals surface area contributed by atoms with Crippen LogP contribution in [-0.4, -0.2) is 24.5 Å². The molecule has 1 aromatic heterocycles. The first kappa shape index (κ1) is 14.5. The number of rotatable bonds is 6.